The van der Waals surface area contributed by atoms with E-state index in [1.165, 1.54) is 0 Å². The molecular weight excluding hydrogens is 394 g/mol. The first kappa shape index (κ1) is 14.5. The first-order valence-electron chi connectivity index (χ1n) is 5.57. The summed E-state index contributed by atoms with van der Waals surface area (Å²) in [4.78, 5) is 8.66. The minimum absolute atomic E-state index is 0. The average molecular weight is 408 g/mol. The third-order valence-electron chi connectivity index (χ3n) is 2.31. The molecule has 0 spiro atoms. The van der Waals surface area contributed by atoms with Gasteiger partial charge in [-0.1, -0.05) is 36.4 Å². The third-order valence-corrected chi connectivity index (χ3v) is 2.31. The summed E-state index contributed by atoms with van der Waals surface area (Å²) in [5.41, 5.74) is 2.93. The monoisotopic (exact) mass is 409 g/mol. The second kappa shape index (κ2) is 7.71. The van der Waals surface area contributed by atoms with Gasteiger partial charge in [0.15, 0.2) is 0 Å². The van der Waals surface area contributed by atoms with Crippen molar-refractivity contribution >= 4 is 18.0 Å². The number of nitrogens with zero attached hydrogens (tertiary/aromatic N) is 2. The van der Waals surface area contributed by atoms with E-state index in [9.17, 15) is 0 Å². The van der Waals surface area contributed by atoms with Crippen molar-refractivity contribution in [3.05, 3.63) is 66.0 Å². The van der Waals surface area contributed by atoms with Crippen molar-refractivity contribution in [2.75, 3.05) is 0 Å². The van der Waals surface area contributed by atoms with E-state index < -0.39 is 0 Å². The Morgan fingerprint density at radius 1 is 1.06 bits per heavy atom. The predicted molar refractivity (Wildman–Crippen MR) is 72.6 cm³/mol. The van der Waals surface area contributed by atoms with E-state index in [0.29, 0.717) is 0 Å². The maximum Gasteiger partial charge on any atom is 0.0812 e. The first-order valence-corrected chi connectivity index (χ1v) is 5.57. The van der Waals surface area contributed by atoms with Gasteiger partial charge in [-0.25, -0.2) is 0 Å². The van der Waals surface area contributed by atoms with Crippen molar-refractivity contribution in [2.24, 2.45) is 4.99 Å². The maximum absolute atomic E-state index is 4.46. The summed E-state index contributed by atoms with van der Waals surface area (Å²) in [6, 6.07) is 13.8. The summed E-state index contributed by atoms with van der Waals surface area (Å²) in [7, 11) is 0. The van der Waals surface area contributed by atoms with E-state index in [2.05, 4.69) is 9.98 Å². The number of para-hydroxylation sites is 1. The molecule has 2 rings (SSSR count). The van der Waals surface area contributed by atoms with Gasteiger partial charge in [-0.3, -0.25) is 9.98 Å². The van der Waals surface area contributed by atoms with Gasteiger partial charge in [0.2, 0.25) is 0 Å². The Hall–Kier alpha value is -1.56. The molecule has 3 heteroatoms. The number of aliphatic imine (C=N–C) groups is 1. The van der Waals surface area contributed by atoms with Gasteiger partial charge in [-0.15, -0.1) is 0 Å². The first-order chi connectivity index (χ1) is 8.40. The predicted octanol–water partition coefficient (Wildman–Crippen LogP) is 3.86. The molecule has 0 aliphatic rings. The van der Waals surface area contributed by atoms with Gasteiger partial charge >= 0.3 is 0 Å². The van der Waals surface area contributed by atoms with Crippen molar-refractivity contribution in [2.45, 2.75) is 6.92 Å². The molecule has 0 fully saturated rings. The van der Waals surface area contributed by atoms with Crippen molar-refractivity contribution in [3.63, 3.8) is 0 Å². The quantitative estimate of drug-likeness (QED) is 0.708. The van der Waals surface area contributed by atoms with Gasteiger partial charge in [0.25, 0.3) is 0 Å². The third kappa shape index (κ3) is 4.03. The summed E-state index contributed by atoms with van der Waals surface area (Å²) in [6.07, 6.45) is 7.60. The van der Waals surface area contributed by atoms with E-state index in [1.807, 2.05) is 61.5 Å². The molecule has 0 saturated carbocycles. The SMILES string of the molecule is C/C=C\c1ccccc1N=Cc1ccccn1.[Re]. The van der Waals surface area contributed by atoms with Crippen LogP contribution in [0.2, 0.25) is 0 Å². The van der Waals surface area contributed by atoms with Crippen LogP contribution in [-0.4, -0.2) is 11.2 Å². The topological polar surface area (TPSA) is 25.2 Å². The van der Waals surface area contributed by atoms with E-state index in [4.69, 9.17) is 0 Å². The van der Waals surface area contributed by atoms with E-state index in [1.54, 1.807) is 12.4 Å². The fraction of sp³-hybridized carbons (Fsp3) is 0.0667. The fourth-order valence-electron chi connectivity index (χ4n) is 1.51. The largest absolute Gasteiger partial charge is 0.255 e. The van der Waals surface area contributed by atoms with Crippen LogP contribution >= 0.6 is 0 Å². The number of benzene rings is 1. The Kier molecular flexibility index (Phi) is 6.21. The van der Waals surface area contributed by atoms with Crippen LogP contribution in [0, 0.1) is 0 Å². The molecule has 1 aromatic carbocycles. The van der Waals surface area contributed by atoms with Gasteiger partial charge in [0.05, 0.1) is 17.6 Å². The maximum atomic E-state index is 4.46. The van der Waals surface area contributed by atoms with E-state index in [0.717, 1.165) is 16.9 Å². The van der Waals surface area contributed by atoms with Crippen LogP contribution in [0.1, 0.15) is 18.2 Å². The van der Waals surface area contributed by atoms with Gasteiger partial charge in [0, 0.05) is 26.6 Å². The zero-order chi connectivity index (χ0) is 11.9. The minimum Gasteiger partial charge on any atom is -0.255 e. The minimum atomic E-state index is 0. The molecule has 18 heavy (non-hydrogen) atoms. The van der Waals surface area contributed by atoms with Crippen LogP contribution in [-0.2, 0) is 20.4 Å². The smallest absolute Gasteiger partial charge is 0.0812 e. The molecule has 0 aliphatic heterocycles. The Balaban J connectivity index is 0.00000162. The number of rotatable bonds is 3. The van der Waals surface area contributed by atoms with Crippen molar-refractivity contribution < 1.29 is 20.4 Å². The van der Waals surface area contributed by atoms with Crippen LogP contribution in [0.4, 0.5) is 5.69 Å². The molecule has 0 N–H and O–H groups in total. The Morgan fingerprint density at radius 3 is 2.56 bits per heavy atom. The second-order valence-electron chi connectivity index (χ2n) is 3.57. The van der Waals surface area contributed by atoms with Crippen molar-refractivity contribution in [1.29, 1.82) is 0 Å². The fourth-order valence-corrected chi connectivity index (χ4v) is 1.51. The molecule has 1 aromatic heterocycles. The molecule has 0 bridgehead atoms. The molecule has 0 amide bonds. The number of hydrogen-bond donors (Lipinski definition) is 0. The summed E-state index contributed by atoms with van der Waals surface area (Å²) < 4.78 is 0. The molecule has 0 saturated heterocycles. The molecular formula is C15H14N2Re. The van der Waals surface area contributed by atoms with Crippen molar-refractivity contribution in [3.8, 4) is 0 Å². The summed E-state index contributed by atoms with van der Waals surface area (Å²) in [5.74, 6) is 0. The molecule has 2 aromatic rings. The Labute approximate surface area is 121 Å². The zero-order valence-electron chi connectivity index (χ0n) is 10.1. The molecule has 1 radical (unpaired) electrons. The van der Waals surface area contributed by atoms with Gasteiger partial charge in [-0.05, 0) is 30.7 Å². The molecule has 1 heterocycles. The second-order valence-corrected chi connectivity index (χ2v) is 3.57. The Morgan fingerprint density at radius 2 is 1.83 bits per heavy atom. The molecule has 91 valence electrons. The van der Waals surface area contributed by atoms with Gasteiger partial charge < -0.3 is 0 Å². The molecule has 0 atom stereocenters. The molecule has 2 nitrogen and oxygen atoms in total. The number of allylic oxidation sites excluding steroid dienone is 1. The van der Waals surface area contributed by atoms with E-state index in [-0.39, 0.29) is 20.4 Å². The molecule has 0 unspecified atom stereocenters. The normalized spacial score (nSPS) is 10.7. The summed E-state index contributed by atoms with van der Waals surface area (Å²) >= 11 is 0. The summed E-state index contributed by atoms with van der Waals surface area (Å²) in [6.45, 7) is 2.00. The van der Waals surface area contributed by atoms with Gasteiger partial charge in [0.1, 0.15) is 0 Å². The van der Waals surface area contributed by atoms with Crippen molar-refractivity contribution in [1.82, 2.24) is 4.98 Å². The van der Waals surface area contributed by atoms with Gasteiger partial charge in [-0.2, -0.15) is 0 Å². The molecule has 0 aliphatic carbocycles. The Bertz CT molecular complexity index is 533. The van der Waals surface area contributed by atoms with Crippen LogP contribution in [0.5, 0.6) is 0 Å². The summed E-state index contributed by atoms with van der Waals surface area (Å²) in [5, 5.41) is 0. The van der Waals surface area contributed by atoms with Crippen LogP contribution in [0.3, 0.4) is 0 Å². The zero-order valence-corrected chi connectivity index (χ0v) is 12.8. The number of pyridine rings is 1. The van der Waals surface area contributed by atoms with E-state index >= 15 is 0 Å². The number of aromatic nitrogens is 1. The standard InChI is InChI=1S/C15H14N2.Re/c1-2-7-13-8-3-4-10-15(13)17-12-14-9-5-6-11-16-14;/h2-12H,1H3;/b7-2-,17-12?;. The average Bonchev–Trinajstić information content (AvgIpc) is 2.39. The van der Waals surface area contributed by atoms with Crippen LogP contribution in [0.15, 0.2) is 59.7 Å². The van der Waals surface area contributed by atoms with Crippen LogP contribution in [0.25, 0.3) is 6.08 Å². The van der Waals surface area contributed by atoms with Crippen LogP contribution < -0.4 is 0 Å². The number of hydrogen-bond acceptors (Lipinski definition) is 2.